The van der Waals surface area contributed by atoms with E-state index >= 15 is 0 Å². The van der Waals surface area contributed by atoms with Crippen molar-refractivity contribution in [2.75, 3.05) is 42.7 Å². The first-order valence-electron chi connectivity index (χ1n) is 20.6. The molecule has 0 aromatic heterocycles. The first-order chi connectivity index (χ1) is 28.8. The Morgan fingerprint density at radius 3 is 1.18 bits per heavy atom. The Balaban J connectivity index is 1.58. The molecule has 60 heavy (non-hydrogen) atoms. The summed E-state index contributed by atoms with van der Waals surface area (Å²) in [5.74, 6) is 3.49. The van der Waals surface area contributed by atoms with Gasteiger partial charge in [-0.2, -0.15) is 0 Å². The van der Waals surface area contributed by atoms with Crippen molar-refractivity contribution in [1.82, 2.24) is 10.6 Å². The molecule has 0 saturated carbocycles. The summed E-state index contributed by atoms with van der Waals surface area (Å²) < 4.78 is 37.3. The molecular weight excluding hydrogens is 757 g/mol. The van der Waals surface area contributed by atoms with Crippen LogP contribution in [0, 0.1) is 13.8 Å². The van der Waals surface area contributed by atoms with Crippen molar-refractivity contribution in [3.05, 3.63) is 81.9 Å². The van der Waals surface area contributed by atoms with Gasteiger partial charge >= 0.3 is 0 Å². The maximum Gasteiger partial charge on any atom is 0.135 e. The third kappa shape index (κ3) is 6.05. The predicted molar refractivity (Wildman–Crippen MR) is 239 cm³/mol. The third-order valence-electron chi connectivity index (χ3n) is 12.8. The fourth-order valence-electron chi connectivity index (χ4n) is 10.5. The van der Waals surface area contributed by atoms with Crippen LogP contribution in [0.3, 0.4) is 0 Å². The lowest BCUT2D eigenvalue weighted by Gasteiger charge is -2.33. The Morgan fingerprint density at radius 1 is 0.483 bits per heavy atom. The van der Waals surface area contributed by atoms with Gasteiger partial charge in [0.05, 0.1) is 64.6 Å². The van der Waals surface area contributed by atoms with E-state index in [1.54, 1.807) is 42.7 Å². The molecule has 0 amide bonds. The van der Waals surface area contributed by atoms with Gasteiger partial charge in [0.15, 0.2) is 0 Å². The SMILES string of the molecule is COc1cc2c(c(OC)c1-c1c(C)c(-c3c(C)c(-c4c(OC)cc5c(c4OC)[C@H](C)N[C@@H](C)C5)c4cccc(OC)c4c3O)c(O)c3c(OC)cccc13)[C@H](C)N[C@@H](C)C2. The smallest absolute Gasteiger partial charge is 0.135 e. The number of fused-ring (bicyclic) bond motifs is 4. The molecule has 4 atom stereocenters. The van der Waals surface area contributed by atoms with Gasteiger partial charge in [-0.25, -0.2) is 0 Å². The predicted octanol–water partition coefficient (Wildman–Crippen LogP) is 10.3. The average Bonchev–Trinajstić information content (AvgIpc) is 3.23. The van der Waals surface area contributed by atoms with E-state index in [0.717, 1.165) is 68.1 Å². The number of phenolic OH excluding ortho intramolecular Hbond substituents is 2. The molecule has 0 saturated heterocycles. The normalized spacial score (nSPS) is 18.5. The molecule has 4 N–H and O–H groups in total. The molecule has 10 nitrogen and oxygen atoms in total. The number of rotatable bonds is 9. The Hall–Kier alpha value is -5.84. The second-order valence-electron chi connectivity index (χ2n) is 16.3. The number of methoxy groups -OCH3 is 6. The molecule has 2 aliphatic rings. The molecule has 2 heterocycles. The second kappa shape index (κ2) is 15.6. The van der Waals surface area contributed by atoms with Crippen LogP contribution in [0.2, 0.25) is 0 Å². The number of phenols is 2. The van der Waals surface area contributed by atoms with Crippen LogP contribution in [0.15, 0.2) is 48.5 Å². The zero-order valence-corrected chi connectivity index (χ0v) is 36.7. The maximum atomic E-state index is 12.9. The van der Waals surface area contributed by atoms with Crippen molar-refractivity contribution >= 4 is 21.5 Å². The van der Waals surface area contributed by atoms with Crippen molar-refractivity contribution in [3.63, 3.8) is 0 Å². The van der Waals surface area contributed by atoms with Crippen LogP contribution in [0.25, 0.3) is 54.9 Å². The van der Waals surface area contributed by atoms with Crippen LogP contribution in [0.4, 0.5) is 0 Å². The molecule has 8 rings (SSSR count). The molecule has 0 spiro atoms. The van der Waals surface area contributed by atoms with Gasteiger partial charge in [0.25, 0.3) is 0 Å². The highest BCUT2D eigenvalue weighted by Crippen LogP contribution is 2.59. The van der Waals surface area contributed by atoms with Gasteiger partial charge in [0.1, 0.15) is 46.0 Å². The van der Waals surface area contributed by atoms with E-state index in [4.69, 9.17) is 28.4 Å². The summed E-state index contributed by atoms with van der Waals surface area (Å²) in [5, 5.41) is 35.6. The summed E-state index contributed by atoms with van der Waals surface area (Å²) in [6.45, 7) is 12.6. The van der Waals surface area contributed by atoms with Crippen LogP contribution in [0.5, 0.6) is 46.0 Å². The number of benzene rings is 6. The van der Waals surface area contributed by atoms with Crippen molar-refractivity contribution in [2.45, 2.75) is 78.6 Å². The van der Waals surface area contributed by atoms with E-state index in [1.165, 1.54) is 0 Å². The zero-order valence-electron chi connectivity index (χ0n) is 36.7. The minimum absolute atomic E-state index is 0.00874. The maximum absolute atomic E-state index is 12.9. The summed E-state index contributed by atoms with van der Waals surface area (Å²) in [4.78, 5) is 0. The summed E-state index contributed by atoms with van der Waals surface area (Å²) in [5.41, 5.74) is 9.68. The van der Waals surface area contributed by atoms with Crippen molar-refractivity contribution in [1.29, 1.82) is 0 Å². The summed E-state index contributed by atoms with van der Waals surface area (Å²) >= 11 is 0. The Morgan fingerprint density at radius 2 is 0.850 bits per heavy atom. The highest BCUT2D eigenvalue weighted by atomic mass is 16.5. The lowest BCUT2D eigenvalue weighted by Crippen LogP contribution is -2.36. The monoisotopic (exact) mass is 812 g/mol. The number of hydrogen-bond acceptors (Lipinski definition) is 10. The van der Waals surface area contributed by atoms with Gasteiger partial charge in [-0.1, -0.05) is 24.3 Å². The van der Waals surface area contributed by atoms with E-state index in [1.807, 2.05) is 50.2 Å². The van der Waals surface area contributed by atoms with Crippen LogP contribution in [0.1, 0.15) is 73.2 Å². The largest absolute Gasteiger partial charge is 0.506 e. The molecule has 10 heteroatoms. The number of ether oxygens (including phenoxy) is 6. The number of aromatic hydroxyl groups is 2. The molecule has 6 aromatic carbocycles. The number of nitrogens with one attached hydrogen (secondary N) is 2. The quantitative estimate of drug-likeness (QED) is 0.112. The minimum Gasteiger partial charge on any atom is -0.506 e. The lowest BCUT2D eigenvalue weighted by molar-refractivity contribution is 0.372. The third-order valence-corrected chi connectivity index (χ3v) is 12.8. The van der Waals surface area contributed by atoms with Gasteiger partial charge in [-0.05, 0) is 112 Å². The van der Waals surface area contributed by atoms with E-state index in [2.05, 4.69) is 50.5 Å². The van der Waals surface area contributed by atoms with E-state index < -0.39 is 0 Å². The lowest BCUT2D eigenvalue weighted by atomic mass is 9.79. The van der Waals surface area contributed by atoms with Crippen LogP contribution >= 0.6 is 0 Å². The van der Waals surface area contributed by atoms with Crippen molar-refractivity contribution in [2.24, 2.45) is 0 Å². The first kappa shape index (κ1) is 40.9. The Labute approximate surface area is 352 Å². The topological polar surface area (TPSA) is 120 Å². The molecule has 6 aromatic rings. The van der Waals surface area contributed by atoms with E-state index in [-0.39, 0.29) is 35.7 Å². The standard InChI is InChI=1S/C50H56N2O8/c1-23-19-29-21-35(57-9)45(49(59-11)41(29)27(5)51-23)37-25(3)39(47(53)43-31(37)15-13-17-33(43)55-7)40-26(4)38(32-16-14-18-34(56-8)44(32)48(40)54)46-36(58-10)22-30-20-24(2)52-28(6)42(30)50(46)60-12/h13-18,21-24,27-28,51-54H,19-20H2,1-12H3/t23-,24-,27-,28-/m0/s1. The molecule has 2 aliphatic heterocycles. The molecule has 0 aliphatic carbocycles. The molecule has 0 bridgehead atoms. The fourth-order valence-corrected chi connectivity index (χ4v) is 10.5. The van der Waals surface area contributed by atoms with Gasteiger partial charge in [0.2, 0.25) is 0 Å². The van der Waals surface area contributed by atoms with Crippen LogP contribution < -0.4 is 39.1 Å². The highest BCUT2D eigenvalue weighted by Gasteiger charge is 2.36. The molecular formula is C50H56N2O8. The summed E-state index contributed by atoms with van der Waals surface area (Å²) in [6.07, 6.45) is 1.61. The average molecular weight is 813 g/mol. The number of hydrogen-bond donors (Lipinski definition) is 4. The minimum atomic E-state index is -0.0433. The van der Waals surface area contributed by atoms with Gasteiger partial charge in [0, 0.05) is 57.5 Å². The van der Waals surface area contributed by atoms with Crippen LogP contribution in [-0.4, -0.2) is 65.0 Å². The van der Waals surface area contributed by atoms with Gasteiger partial charge in [-0.15, -0.1) is 0 Å². The van der Waals surface area contributed by atoms with Gasteiger partial charge in [-0.3, -0.25) is 0 Å². The molecule has 0 unspecified atom stereocenters. The Bertz CT molecular complexity index is 2520. The van der Waals surface area contributed by atoms with Crippen LogP contribution in [-0.2, 0) is 12.8 Å². The first-order valence-corrected chi connectivity index (χ1v) is 20.6. The van der Waals surface area contributed by atoms with Gasteiger partial charge < -0.3 is 49.3 Å². The van der Waals surface area contributed by atoms with E-state index in [0.29, 0.717) is 67.5 Å². The summed E-state index contributed by atoms with van der Waals surface area (Å²) in [7, 11) is 9.91. The fraction of sp³-hybridized carbons (Fsp3) is 0.360. The molecule has 314 valence electrons. The zero-order chi connectivity index (χ0) is 42.9. The molecule has 0 fully saturated rings. The van der Waals surface area contributed by atoms with Crippen molar-refractivity contribution < 1.29 is 38.6 Å². The summed E-state index contributed by atoms with van der Waals surface area (Å²) in [6, 6.07) is 16.2. The van der Waals surface area contributed by atoms with E-state index in [9.17, 15) is 10.2 Å². The van der Waals surface area contributed by atoms with Crippen molar-refractivity contribution in [3.8, 4) is 79.4 Å². The Kier molecular flexibility index (Phi) is 10.7. The molecule has 0 radical (unpaired) electrons. The highest BCUT2D eigenvalue weighted by molar-refractivity contribution is 6.16. The second-order valence-corrected chi connectivity index (χ2v) is 16.3.